The lowest BCUT2D eigenvalue weighted by molar-refractivity contribution is -0.173. The largest absolute Gasteiger partial charge is 0.411 e. The summed E-state index contributed by atoms with van der Waals surface area (Å²) in [5.74, 6) is 0.520. The summed E-state index contributed by atoms with van der Waals surface area (Å²) in [6, 6.07) is 5.18. The molecule has 1 aromatic rings. The molecule has 0 spiro atoms. The van der Waals surface area contributed by atoms with Crippen LogP contribution in [0, 0.1) is 0 Å². The number of nitrogens with zero attached hydrogens (tertiary/aromatic N) is 1. The number of rotatable bonds is 7. The Morgan fingerprint density at radius 1 is 1.25 bits per heavy atom. The maximum Gasteiger partial charge on any atom is 0.411 e. The molecule has 1 rings (SSSR count). The topological polar surface area (TPSA) is 45.7 Å². The van der Waals surface area contributed by atoms with Crippen molar-refractivity contribution in [1.82, 2.24) is 10.6 Å². The van der Waals surface area contributed by atoms with E-state index in [9.17, 15) is 13.2 Å². The van der Waals surface area contributed by atoms with Gasteiger partial charge in [0.05, 0.1) is 0 Å². The van der Waals surface area contributed by atoms with Crippen LogP contribution in [0.4, 0.5) is 13.2 Å². The van der Waals surface area contributed by atoms with Crippen molar-refractivity contribution in [2.75, 3.05) is 26.8 Å². The average Bonchev–Trinajstić information content (AvgIpc) is 2.46. The molecule has 4 nitrogen and oxygen atoms in total. The minimum absolute atomic E-state index is 0. The van der Waals surface area contributed by atoms with Gasteiger partial charge in [0.15, 0.2) is 5.96 Å². The maximum absolute atomic E-state index is 11.9. The van der Waals surface area contributed by atoms with Gasteiger partial charge in [-0.3, -0.25) is 4.99 Å². The molecule has 1 aromatic carbocycles. The Morgan fingerprint density at radius 2 is 1.96 bits per heavy atom. The third kappa shape index (κ3) is 10.4. The molecule has 0 aliphatic rings. The number of nitrogens with one attached hydrogen (secondary N) is 2. The van der Waals surface area contributed by atoms with Gasteiger partial charge in [-0.05, 0) is 24.1 Å². The van der Waals surface area contributed by atoms with Crippen LogP contribution in [0.3, 0.4) is 0 Å². The average molecular weight is 500 g/mol. The molecule has 138 valence electrons. The molecule has 24 heavy (non-hydrogen) atoms. The lowest BCUT2D eigenvalue weighted by Crippen LogP contribution is -2.37. The van der Waals surface area contributed by atoms with Gasteiger partial charge in [-0.25, -0.2) is 0 Å². The molecule has 0 heterocycles. The summed E-state index contributed by atoms with van der Waals surface area (Å²) >= 11 is 11.9. The zero-order valence-corrected chi connectivity index (χ0v) is 16.8. The summed E-state index contributed by atoms with van der Waals surface area (Å²) in [7, 11) is 1.60. The molecule has 0 saturated carbocycles. The second kappa shape index (κ2) is 12.0. The summed E-state index contributed by atoms with van der Waals surface area (Å²) in [5, 5.41) is 7.13. The molecule has 0 unspecified atom stereocenters. The van der Waals surface area contributed by atoms with E-state index in [1.165, 1.54) is 0 Å². The van der Waals surface area contributed by atoms with E-state index < -0.39 is 12.8 Å². The molecule has 0 saturated heterocycles. The van der Waals surface area contributed by atoms with Gasteiger partial charge >= 0.3 is 6.18 Å². The van der Waals surface area contributed by atoms with Crippen LogP contribution < -0.4 is 10.6 Å². The Labute approximate surface area is 166 Å². The predicted molar refractivity (Wildman–Crippen MR) is 102 cm³/mol. The van der Waals surface area contributed by atoms with Crippen molar-refractivity contribution < 1.29 is 17.9 Å². The van der Waals surface area contributed by atoms with E-state index in [2.05, 4.69) is 20.4 Å². The highest BCUT2D eigenvalue weighted by molar-refractivity contribution is 14.0. The first-order valence-electron chi connectivity index (χ1n) is 6.85. The van der Waals surface area contributed by atoms with Gasteiger partial charge in [0.1, 0.15) is 6.61 Å². The standard InChI is InChI=1S/C14H18Cl2F3N3O.HI/c1-20-13(21-5-2-6-23-9-14(17,18)19)22-8-10-3-4-11(15)7-12(10)16;/h3-4,7H,2,5-6,8-9H2,1H3,(H2,20,21,22);1H. The van der Waals surface area contributed by atoms with Crippen LogP contribution in [0.2, 0.25) is 10.0 Å². The summed E-state index contributed by atoms with van der Waals surface area (Å²) in [6.07, 6.45) is -3.86. The first-order chi connectivity index (χ1) is 10.8. The lowest BCUT2D eigenvalue weighted by Gasteiger charge is -2.13. The fraction of sp³-hybridized carbons (Fsp3) is 0.500. The Bertz CT molecular complexity index is 530. The zero-order chi connectivity index (χ0) is 17.3. The summed E-state index contributed by atoms with van der Waals surface area (Å²) in [4.78, 5) is 4.01. The van der Waals surface area contributed by atoms with Crippen molar-refractivity contribution in [1.29, 1.82) is 0 Å². The summed E-state index contributed by atoms with van der Waals surface area (Å²) < 4.78 is 40.1. The van der Waals surface area contributed by atoms with Gasteiger partial charge in [0.2, 0.25) is 0 Å². The second-order valence-electron chi connectivity index (χ2n) is 4.61. The molecule has 0 fully saturated rings. The van der Waals surface area contributed by atoms with Gasteiger partial charge in [-0.1, -0.05) is 29.3 Å². The van der Waals surface area contributed by atoms with Crippen molar-refractivity contribution in [3.63, 3.8) is 0 Å². The number of halogens is 6. The van der Waals surface area contributed by atoms with E-state index in [1.54, 1.807) is 25.2 Å². The van der Waals surface area contributed by atoms with Gasteiger partial charge in [0, 0.05) is 36.8 Å². The Balaban J connectivity index is 0.00000529. The molecule has 10 heteroatoms. The molecular weight excluding hydrogens is 481 g/mol. The first-order valence-corrected chi connectivity index (χ1v) is 7.60. The molecule has 0 aromatic heterocycles. The van der Waals surface area contributed by atoms with E-state index in [1.807, 2.05) is 0 Å². The number of benzene rings is 1. The molecule has 0 atom stereocenters. The van der Waals surface area contributed by atoms with Crippen LogP contribution in [-0.2, 0) is 11.3 Å². The summed E-state index contributed by atoms with van der Waals surface area (Å²) in [5.41, 5.74) is 0.854. The van der Waals surface area contributed by atoms with Crippen LogP contribution in [0.25, 0.3) is 0 Å². The van der Waals surface area contributed by atoms with Gasteiger partial charge < -0.3 is 15.4 Å². The Morgan fingerprint density at radius 3 is 2.54 bits per heavy atom. The van der Waals surface area contributed by atoms with E-state index >= 15 is 0 Å². The Kier molecular flexibility index (Phi) is 11.8. The van der Waals surface area contributed by atoms with Crippen molar-refractivity contribution in [2.45, 2.75) is 19.1 Å². The predicted octanol–water partition coefficient (Wildman–Crippen LogP) is 4.25. The van der Waals surface area contributed by atoms with E-state index in [0.717, 1.165) is 5.56 Å². The molecule has 0 bridgehead atoms. The van der Waals surface area contributed by atoms with Crippen LogP contribution in [-0.4, -0.2) is 38.9 Å². The second-order valence-corrected chi connectivity index (χ2v) is 5.45. The molecular formula is C14H19Cl2F3IN3O. The SMILES string of the molecule is CN=C(NCCCOCC(F)(F)F)NCc1ccc(Cl)cc1Cl.I. The van der Waals surface area contributed by atoms with E-state index in [-0.39, 0.29) is 30.6 Å². The molecule has 2 N–H and O–H groups in total. The van der Waals surface area contributed by atoms with Crippen LogP contribution in [0.5, 0.6) is 0 Å². The third-order valence-corrected chi connectivity index (χ3v) is 3.30. The highest BCUT2D eigenvalue weighted by atomic mass is 127. The smallest absolute Gasteiger partial charge is 0.372 e. The van der Waals surface area contributed by atoms with Gasteiger partial charge in [-0.2, -0.15) is 13.2 Å². The van der Waals surface area contributed by atoms with Crippen LogP contribution in [0.1, 0.15) is 12.0 Å². The number of ether oxygens (including phenoxy) is 1. The van der Waals surface area contributed by atoms with Gasteiger partial charge in [-0.15, -0.1) is 24.0 Å². The quantitative estimate of drug-likeness (QED) is 0.255. The Hall–Kier alpha value is -0.450. The third-order valence-electron chi connectivity index (χ3n) is 2.71. The fourth-order valence-electron chi connectivity index (χ4n) is 1.63. The molecule has 0 aliphatic carbocycles. The fourth-order valence-corrected chi connectivity index (χ4v) is 2.11. The molecule has 0 radical (unpaired) electrons. The summed E-state index contributed by atoms with van der Waals surface area (Å²) in [6.45, 7) is -0.326. The number of guanidine groups is 1. The van der Waals surface area contributed by atoms with E-state index in [4.69, 9.17) is 23.2 Å². The van der Waals surface area contributed by atoms with Crippen molar-refractivity contribution >= 4 is 53.1 Å². The molecule has 0 aliphatic heterocycles. The number of hydrogen-bond acceptors (Lipinski definition) is 2. The van der Waals surface area contributed by atoms with Gasteiger partial charge in [0.25, 0.3) is 0 Å². The van der Waals surface area contributed by atoms with E-state index in [0.29, 0.717) is 35.5 Å². The number of alkyl halides is 3. The zero-order valence-electron chi connectivity index (χ0n) is 12.9. The lowest BCUT2D eigenvalue weighted by atomic mass is 10.2. The monoisotopic (exact) mass is 499 g/mol. The number of hydrogen-bond donors (Lipinski definition) is 2. The highest BCUT2D eigenvalue weighted by Gasteiger charge is 2.27. The van der Waals surface area contributed by atoms with Crippen molar-refractivity contribution in [3.05, 3.63) is 33.8 Å². The minimum Gasteiger partial charge on any atom is -0.372 e. The normalized spacial score (nSPS) is 11.8. The van der Waals surface area contributed by atoms with Crippen LogP contribution in [0.15, 0.2) is 23.2 Å². The highest BCUT2D eigenvalue weighted by Crippen LogP contribution is 2.20. The first kappa shape index (κ1) is 23.5. The van der Waals surface area contributed by atoms with Crippen molar-refractivity contribution in [2.24, 2.45) is 4.99 Å². The van der Waals surface area contributed by atoms with Crippen molar-refractivity contribution in [3.8, 4) is 0 Å². The maximum atomic E-state index is 11.9. The van der Waals surface area contributed by atoms with Crippen LogP contribution >= 0.6 is 47.2 Å². The molecule has 0 amide bonds. The number of aliphatic imine (C=N–C) groups is 1. The minimum atomic E-state index is -4.29.